The van der Waals surface area contributed by atoms with Crippen molar-refractivity contribution in [2.45, 2.75) is 18.0 Å². The third kappa shape index (κ3) is 2.49. The van der Waals surface area contributed by atoms with Gasteiger partial charge in [-0.3, -0.25) is 4.68 Å². The second-order valence-electron chi connectivity index (χ2n) is 3.16. The van der Waals surface area contributed by atoms with Crippen LogP contribution in [0, 0.1) is 0 Å². The molecular formula is C7H13N5O3S. The number of aromatic nitrogens is 2. The van der Waals surface area contributed by atoms with E-state index in [0.29, 0.717) is 0 Å². The van der Waals surface area contributed by atoms with Crippen molar-refractivity contribution < 1.29 is 13.6 Å². The molecule has 0 aliphatic heterocycles. The number of rotatable bonds is 4. The summed E-state index contributed by atoms with van der Waals surface area (Å²) in [5.41, 5.74) is 5.27. The quantitative estimate of drug-likeness (QED) is 0.268. The number of nitrogens with one attached hydrogen (secondary N) is 1. The molecule has 0 fully saturated rings. The SMILES string of the molecule is CC(NS(=O)(=O)c1ccnn1C)C(N)=NO. The topological polar surface area (TPSA) is 123 Å². The molecule has 0 bridgehead atoms. The van der Waals surface area contributed by atoms with Crippen molar-refractivity contribution in [1.82, 2.24) is 14.5 Å². The van der Waals surface area contributed by atoms with Crippen molar-refractivity contribution in [3.8, 4) is 0 Å². The van der Waals surface area contributed by atoms with E-state index in [4.69, 9.17) is 10.9 Å². The Kier molecular flexibility index (Phi) is 3.50. The maximum absolute atomic E-state index is 11.8. The van der Waals surface area contributed by atoms with Gasteiger partial charge in [0, 0.05) is 7.05 Å². The van der Waals surface area contributed by atoms with Crippen LogP contribution in [0.5, 0.6) is 0 Å². The molecule has 1 atom stereocenters. The number of oxime groups is 1. The number of nitrogens with two attached hydrogens (primary N) is 1. The fourth-order valence-electron chi connectivity index (χ4n) is 1.07. The number of hydrogen-bond donors (Lipinski definition) is 3. The van der Waals surface area contributed by atoms with Crippen molar-refractivity contribution in [3.63, 3.8) is 0 Å². The minimum absolute atomic E-state index is 0.00471. The Balaban J connectivity index is 2.94. The van der Waals surface area contributed by atoms with Gasteiger partial charge in [-0.1, -0.05) is 5.16 Å². The van der Waals surface area contributed by atoms with Crippen LogP contribution in [0.25, 0.3) is 0 Å². The van der Waals surface area contributed by atoms with Crippen LogP contribution in [0.15, 0.2) is 22.4 Å². The summed E-state index contributed by atoms with van der Waals surface area (Å²) in [5.74, 6) is -0.217. The third-order valence-electron chi connectivity index (χ3n) is 1.94. The fraction of sp³-hybridized carbons (Fsp3) is 0.429. The lowest BCUT2D eigenvalue weighted by Gasteiger charge is -2.12. The first-order valence-corrected chi connectivity index (χ1v) is 5.84. The molecule has 16 heavy (non-hydrogen) atoms. The predicted octanol–water partition coefficient (Wildman–Crippen LogP) is -1.17. The highest BCUT2D eigenvalue weighted by molar-refractivity contribution is 7.89. The number of sulfonamides is 1. The molecule has 1 aromatic rings. The van der Waals surface area contributed by atoms with Gasteiger partial charge in [0.05, 0.1) is 12.2 Å². The highest BCUT2D eigenvalue weighted by Crippen LogP contribution is 2.06. The van der Waals surface area contributed by atoms with Gasteiger partial charge in [-0.15, -0.1) is 0 Å². The molecule has 0 aliphatic carbocycles. The zero-order valence-electron chi connectivity index (χ0n) is 8.82. The lowest BCUT2D eigenvalue weighted by atomic mass is 10.3. The summed E-state index contributed by atoms with van der Waals surface area (Å²) in [5, 5.41) is 14.9. The van der Waals surface area contributed by atoms with Gasteiger partial charge in [0.15, 0.2) is 10.9 Å². The Hall–Kier alpha value is -1.61. The first kappa shape index (κ1) is 12.5. The van der Waals surface area contributed by atoms with Crippen LogP contribution in [-0.4, -0.2) is 35.3 Å². The van der Waals surface area contributed by atoms with Gasteiger partial charge in [0.25, 0.3) is 10.0 Å². The van der Waals surface area contributed by atoms with Crippen molar-refractivity contribution in [3.05, 3.63) is 12.3 Å². The lowest BCUT2D eigenvalue weighted by Crippen LogP contribution is -2.42. The maximum atomic E-state index is 11.8. The first-order chi connectivity index (χ1) is 7.38. The van der Waals surface area contributed by atoms with Crippen molar-refractivity contribution in [2.75, 3.05) is 0 Å². The molecule has 9 heteroatoms. The summed E-state index contributed by atoms with van der Waals surface area (Å²) in [6.45, 7) is 1.46. The minimum atomic E-state index is -3.72. The van der Waals surface area contributed by atoms with Gasteiger partial charge in [-0.05, 0) is 13.0 Å². The van der Waals surface area contributed by atoms with Crippen molar-refractivity contribution in [1.29, 1.82) is 0 Å². The van der Waals surface area contributed by atoms with E-state index in [9.17, 15) is 8.42 Å². The fourth-order valence-corrected chi connectivity index (χ4v) is 2.41. The van der Waals surface area contributed by atoms with Gasteiger partial charge in [-0.25, -0.2) is 8.42 Å². The summed E-state index contributed by atoms with van der Waals surface area (Å²) in [6, 6.07) is 0.548. The molecule has 0 spiro atoms. The second kappa shape index (κ2) is 4.49. The molecule has 0 aromatic carbocycles. The Bertz CT molecular complexity index is 492. The number of hydrogen-bond acceptors (Lipinski definition) is 5. The number of amidine groups is 1. The molecule has 0 saturated heterocycles. The van der Waals surface area contributed by atoms with Crippen LogP contribution < -0.4 is 10.5 Å². The molecule has 90 valence electrons. The Labute approximate surface area is 92.8 Å². The van der Waals surface area contributed by atoms with Crippen LogP contribution in [-0.2, 0) is 17.1 Å². The van der Waals surface area contributed by atoms with Gasteiger partial charge >= 0.3 is 0 Å². The number of aryl methyl sites for hydroxylation is 1. The average Bonchev–Trinajstić information content (AvgIpc) is 2.63. The first-order valence-electron chi connectivity index (χ1n) is 4.36. The molecule has 1 aromatic heterocycles. The molecule has 4 N–H and O–H groups in total. The summed E-state index contributed by atoms with van der Waals surface area (Å²) in [4.78, 5) is 0. The third-order valence-corrected chi connectivity index (χ3v) is 3.56. The molecule has 1 heterocycles. The van der Waals surface area contributed by atoms with E-state index in [-0.39, 0.29) is 10.9 Å². The predicted molar refractivity (Wildman–Crippen MR) is 56.4 cm³/mol. The van der Waals surface area contributed by atoms with E-state index in [0.717, 1.165) is 0 Å². The molecule has 8 nitrogen and oxygen atoms in total. The zero-order chi connectivity index (χ0) is 12.3. The maximum Gasteiger partial charge on any atom is 0.258 e. The second-order valence-corrected chi connectivity index (χ2v) is 4.82. The summed E-state index contributed by atoms with van der Waals surface area (Å²) in [6.07, 6.45) is 1.36. The summed E-state index contributed by atoms with van der Waals surface area (Å²) >= 11 is 0. The highest BCUT2D eigenvalue weighted by Gasteiger charge is 2.22. The molecule has 0 radical (unpaired) electrons. The van der Waals surface area contributed by atoms with Crippen molar-refractivity contribution in [2.24, 2.45) is 17.9 Å². The summed E-state index contributed by atoms with van der Waals surface area (Å²) in [7, 11) is -2.22. The van der Waals surface area contributed by atoms with E-state index in [1.807, 2.05) is 0 Å². The van der Waals surface area contributed by atoms with E-state index < -0.39 is 16.1 Å². The Morgan fingerprint density at radius 2 is 2.38 bits per heavy atom. The van der Waals surface area contributed by atoms with Crippen molar-refractivity contribution >= 4 is 15.9 Å². The number of nitrogens with zero attached hydrogens (tertiary/aromatic N) is 3. The van der Waals surface area contributed by atoms with Crippen LogP contribution in [0.4, 0.5) is 0 Å². The molecule has 1 unspecified atom stereocenters. The van der Waals surface area contributed by atoms with Crippen LogP contribution >= 0.6 is 0 Å². The van der Waals surface area contributed by atoms with E-state index in [1.54, 1.807) is 0 Å². The van der Waals surface area contributed by atoms with Gasteiger partial charge < -0.3 is 10.9 Å². The smallest absolute Gasteiger partial charge is 0.258 e. The van der Waals surface area contributed by atoms with Gasteiger partial charge in [0.1, 0.15) is 0 Å². The van der Waals surface area contributed by atoms with E-state index in [2.05, 4.69) is 15.0 Å². The lowest BCUT2D eigenvalue weighted by molar-refractivity contribution is 0.316. The standard InChI is InChI=1S/C7H13N5O3S/c1-5(7(8)10-13)11-16(14,15)6-3-4-9-12(6)2/h3-5,11,13H,1-2H3,(H2,8,10). The van der Waals surface area contributed by atoms with Crippen LogP contribution in [0.3, 0.4) is 0 Å². The van der Waals surface area contributed by atoms with E-state index in [1.165, 1.54) is 30.9 Å². The Morgan fingerprint density at radius 3 is 2.81 bits per heavy atom. The zero-order valence-corrected chi connectivity index (χ0v) is 9.64. The highest BCUT2D eigenvalue weighted by atomic mass is 32.2. The van der Waals surface area contributed by atoms with Gasteiger partial charge in [-0.2, -0.15) is 9.82 Å². The molecular weight excluding hydrogens is 234 g/mol. The summed E-state index contributed by atoms with van der Waals surface area (Å²) < 4.78 is 27.0. The van der Waals surface area contributed by atoms with Crippen LogP contribution in [0.1, 0.15) is 6.92 Å². The van der Waals surface area contributed by atoms with Crippen LogP contribution in [0.2, 0.25) is 0 Å². The van der Waals surface area contributed by atoms with E-state index >= 15 is 0 Å². The molecule has 0 aliphatic rings. The largest absolute Gasteiger partial charge is 0.409 e. The molecule has 0 amide bonds. The minimum Gasteiger partial charge on any atom is -0.409 e. The average molecular weight is 247 g/mol. The molecule has 0 saturated carbocycles. The van der Waals surface area contributed by atoms with Gasteiger partial charge in [0.2, 0.25) is 0 Å². The normalized spacial score (nSPS) is 15.0. The monoisotopic (exact) mass is 247 g/mol. The Morgan fingerprint density at radius 1 is 1.75 bits per heavy atom. The molecule has 1 rings (SSSR count).